The quantitative estimate of drug-likeness (QED) is 0.731. The molecule has 1 heterocycles. The molecule has 5 nitrogen and oxygen atoms in total. The monoisotopic (exact) mass is 336 g/mol. The number of cyclic esters (lactones) is 1. The number of esters is 1. The molecule has 126 valence electrons. The molecule has 0 spiro atoms. The SMILES string of the molecule is COc1cc2c3c(ccc(-c4ccccc4)c3c1O)C(=O)O[C@@H]2OC. The van der Waals surface area contributed by atoms with Crippen molar-refractivity contribution in [3.63, 3.8) is 0 Å². The molecule has 0 aromatic heterocycles. The van der Waals surface area contributed by atoms with Gasteiger partial charge in [-0.25, -0.2) is 4.79 Å². The van der Waals surface area contributed by atoms with E-state index in [4.69, 9.17) is 14.2 Å². The van der Waals surface area contributed by atoms with Crippen molar-refractivity contribution >= 4 is 16.7 Å². The van der Waals surface area contributed by atoms with Crippen LogP contribution in [0.3, 0.4) is 0 Å². The average molecular weight is 336 g/mol. The van der Waals surface area contributed by atoms with Crippen LogP contribution in [-0.2, 0) is 9.47 Å². The van der Waals surface area contributed by atoms with E-state index < -0.39 is 12.3 Å². The van der Waals surface area contributed by atoms with Gasteiger partial charge < -0.3 is 19.3 Å². The van der Waals surface area contributed by atoms with Crippen LogP contribution in [0.25, 0.3) is 21.9 Å². The highest BCUT2D eigenvalue weighted by Crippen LogP contribution is 2.47. The van der Waals surface area contributed by atoms with E-state index in [0.717, 1.165) is 11.1 Å². The smallest absolute Gasteiger partial charge is 0.341 e. The number of phenols is 1. The molecule has 25 heavy (non-hydrogen) atoms. The molecule has 0 unspecified atom stereocenters. The van der Waals surface area contributed by atoms with E-state index in [-0.39, 0.29) is 5.75 Å². The summed E-state index contributed by atoms with van der Waals surface area (Å²) in [5, 5.41) is 12.0. The van der Waals surface area contributed by atoms with Crippen LogP contribution in [0.4, 0.5) is 0 Å². The molecular formula is C20H16O5. The number of aromatic hydroxyl groups is 1. The topological polar surface area (TPSA) is 65.0 Å². The minimum absolute atomic E-state index is 0.00786. The van der Waals surface area contributed by atoms with E-state index in [1.165, 1.54) is 14.2 Å². The summed E-state index contributed by atoms with van der Waals surface area (Å²) >= 11 is 0. The molecule has 0 aliphatic carbocycles. The zero-order valence-corrected chi connectivity index (χ0v) is 13.8. The zero-order chi connectivity index (χ0) is 17.6. The van der Waals surface area contributed by atoms with Crippen LogP contribution in [0, 0.1) is 0 Å². The van der Waals surface area contributed by atoms with Crippen molar-refractivity contribution in [1.29, 1.82) is 0 Å². The van der Waals surface area contributed by atoms with E-state index in [9.17, 15) is 9.90 Å². The standard InChI is InChI=1S/C20H16O5/c1-23-15-10-14-16-13(19(22)25-20(14)24-2)9-8-12(17(16)18(15)21)11-6-4-3-5-7-11/h3-10,20-21H,1-2H3/t20-/m0/s1. The molecule has 1 aliphatic rings. The highest BCUT2D eigenvalue weighted by molar-refractivity contribution is 6.14. The molecule has 1 N–H and O–H groups in total. The second-order valence-corrected chi connectivity index (χ2v) is 5.77. The molecule has 0 bridgehead atoms. The van der Waals surface area contributed by atoms with E-state index in [2.05, 4.69) is 0 Å². The maximum absolute atomic E-state index is 12.3. The van der Waals surface area contributed by atoms with Crippen molar-refractivity contribution in [1.82, 2.24) is 0 Å². The molecule has 0 saturated carbocycles. The third kappa shape index (κ3) is 2.24. The molecule has 1 aliphatic heterocycles. The number of carbonyl (C=O) groups excluding carboxylic acids is 1. The fourth-order valence-corrected chi connectivity index (χ4v) is 3.32. The number of carbonyl (C=O) groups is 1. The van der Waals surface area contributed by atoms with Crippen molar-refractivity contribution in [2.24, 2.45) is 0 Å². The lowest BCUT2D eigenvalue weighted by atomic mass is 9.89. The van der Waals surface area contributed by atoms with Crippen molar-refractivity contribution in [3.8, 4) is 22.6 Å². The van der Waals surface area contributed by atoms with Gasteiger partial charge in [-0.1, -0.05) is 36.4 Å². The van der Waals surface area contributed by atoms with Gasteiger partial charge in [0.2, 0.25) is 6.29 Å². The van der Waals surface area contributed by atoms with Crippen LogP contribution in [0.15, 0.2) is 48.5 Å². The largest absolute Gasteiger partial charge is 0.504 e. The van der Waals surface area contributed by atoms with Crippen LogP contribution < -0.4 is 4.74 Å². The van der Waals surface area contributed by atoms with E-state index >= 15 is 0 Å². The Kier molecular flexibility index (Phi) is 3.58. The minimum Gasteiger partial charge on any atom is -0.504 e. The Morgan fingerprint density at radius 2 is 1.72 bits per heavy atom. The summed E-state index contributed by atoms with van der Waals surface area (Å²) in [5.74, 6) is -0.183. The summed E-state index contributed by atoms with van der Waals surface area (Å²) in [5.41, 5.74) is 2.79. The molecule has 3 aromatic rings. The molecule has 0 radical (unpaired) electrons. The van der Waals surface area contributed by atoms with Gasteiger partial charge in [0.1, 0.15) is 0 Å². The number of benzene rings is 3. The molecule has 5 heteroatoms. The third-order valence-electron chi connectivity index (χ3n) is 4.46. The van der Waals surface area contributed by atoms with Gasteiger partial charge in [-0.15, -0.1) is 0 Å². The number of phenolic OH excluding ortho intramolecular Hbond substituents is 1. The zero-order valence-electron chi connectivity index (χ0n) is 13.8. The fraction of sp³-hybridized carbons (Fsp3) is 0.150. The Bertz CT molecular complexity index is 979. The Hall–Kier alpha value is -3.05. The number of ether oxygens (including phenoxy) is 3. The van der Waals surface area contributed by atoms with Crippen LogP contribution in [0.1, 0.15) is 22.2 Å². The summed E-state index contributed by atoms with van der Waals surface area (Å²) in [6.07, 6.45) is -0.844. The number of methoxy groups -OCH3 is 2. The third-order valence-corrected chi connectivity index (χ3v) is 4.46. The lowest BCUT2D eigenvalue weighted by molar-refractivity contribution is -0.0940. The first-order chi connectivity index (χ1) is 12.2. The summed E-state index contributed by atoms with van der Waals surface area (Å²) in [4.78, 5) is 12.3. The van der Waals surface area contributed by atoms with E-state index in [0.29, 0.717) is 27.6 Å². The van der Waals surface area contributed by atoms with E-state index in [1.54, 1.807) is 12.1 Å². The lowest BCUT2D eigenvalue weighted by Crippen LogP contribution is -2.20. The number of hydrogen-bond acceptors (Lipinski definition) is 5. The molecule has 0 amide bonds. The Labute approximate surface area is 144 Å². The summed E-state index contributed by atoms with van der Waals surface area (Å²) in [6.45, 7) is 0. The van der Waals surface area contributed by atoms with Crippen molar-refractivity contribution in [2.75, 3.05) is 14.2 Å². The van der Waals surface area contributed by atoms with Crippen LogP contribution in [-0.4, -0.2) is 25.3 Å². The molecule has 4 rings (SSSR count). The predicted octanol–water partition coefficient (Wildman–Crippen LogP) is 4.04. The van der Waals surface area contributed by atoms with Gasteiger partial charge in [-0.05, 0) is 23.3 Å². The lowest BCUT2D eigenvalue weighted by Gasteiger charge is -2.26. The van der Waals surface area contributed by atoms with Crippen LogP contribution >= 0.6 is 0 Å². The number of hydrogen-bond donors (Lipinski definition) is 1. The first kappa shape index (κ1) is 15.5. The Balaban J connectivity index is 2.17. The highest BCUT2D eigenvalue weighted by Gasteiger charge is 2.32. The predicted molar refractivity (Wildman–Crippen MR) is 92.8 cm³/mol. The second-order valence-electron chi connectivity index (χ2n) is 5.77. The van der Waals surface area contributed by atoms with Gasteiger partial charge in [-0.3, -0.25) is 0 Å². The fourth-order valence-electron chi connectivity index (χ4n) is 3.32. The van der Waals surface area contributed by atoms with E-state index in [1.807, 2.05) is 36.4 Å². The first-order valence-corrected chi connectivity index (χ1v) is 7.81. The second kappa shape index (κ2) is 5.79. The van der Waals surface area contributed by atoms with Gasteiger partial charge >= 0.3 is 5.97 Å². The van der Waals surface area contributed by atoms with Crippen molar-refractivity contribution in [2.45, 2.75) is 6.29 Å². The van der Waals surface area contributed by atoms with Crippen molar-refractivity contribution < 1.29 is 24.1 Å². The minimum atomic E-state index is -0.844. The molecule has 0 saturated heterocycles. The maximum Gasteiger partial charge on any atom is 0.341 e. The van der Waals surface area contributed by atoms with Crippen LogP contribution in [0.5, 0.6) is 11.5 Å². The summed E-state index contributed by atoms with van der Waals surface area (Å²) in [6, 6.07) is 14.8. The van der Waals surface area contributed by atoms with Gasteiger partial charge in [0.15, 0.2) is 11.5 Å². The van der Waals surface area contributed by atoms with Gasteiger partial charge in [0, 0.05) is 23.4 Å². The normalized spacial score (nSPS) is 15.9. The number of rotatable bonds is 3. The summed E-state index contributed by atoms with van der Waals surface area (Å²) in [7, 11) is 2.95. The Morgan fingerprint density at radius 3 is 2.40 bits per heavy atom. The Morgan fingerprint density at radius 1 is 1.00 bits per heavy atom. The summed E-state index contributed by atoms with van der Waals surface area (Å²) < 4.78 is 16.0. The highest BCUT2D eigenvalue weighted by atomic mass is 16.7. The van der Waals surface area contributed by atoms with Crippen molar-refractivity contribution in [3.05, 3.63) is 59.7 Å². The van der Waals surface area contributed by atoms with Crippen LogP contribution in [0.2, 0.25) is 0 Å². The van der Waals surface area contributed by atoms with Gasteiger partial charge in [-0.2, -0.15) is 0 Å². The van der Waals surface area contributed by atoms with Gasteiger partial charge in [0.05, 0.1) is 12.7 Å². The average Bonchev–Trinajstić information content (AvgIpc) is 2.66. The molecular weight excluding hydrogens is 320 g/mol. The maximum atomic E-state index is 12.3. The molecule has 1 atom stereocenters. The molecule has 0 fully saturated rings. The van der Waals surface area contributed by atoms with Gasteiger partial charge in [0.25, 0.3) is 0 Å². The molecule has 3 aromatic carbocycles. The first-order valence-electron chi connectivity index (χ1n) is 7.81.